The monoisotopic (exact) mass is 385 g/mol. The second kappa shape index (κ2) is 9.09. The van der Waals surface area contributed by atoms with Crippen molar-refractivity contribution in [3.8, 4) is 5.75 Å². The number of hydrogen-bond acceptors (Lipinski definition) is 3. The molecule has 1 N–H and O–H groups in total. The molecule has 1 heterocycles. The predicted molar refractivity (Wildman–Crippen MR) is 103 cm³/mol. The van der Waals surface area contributed by atoms with Gasteiger partial charge in [0.1, 0.15) is 5.75 Å². The van der Waals surface area contributed by atoms with Crippen LogP contribution in [-0.4, -0.2) is 12.5 Å². The molecule has 0 saturated carbocycles. The minimum Gasteiger partial charge on any atom is -0.435 e. The number of carbonyl (C=O) groups excluding carboxylic acids is 1. The van der Waals surface area contributed by atoms with Gasteiger partial charge in [-0.15, -0.1) is 11.3 Å². The van der Waals surface area contributed by atoms with Gasteiger partial charge in [0.25, 0.3) is 0 Å². The quantitative estimate of drug-likeness (QED) is 0.563. The molecule has 0 fully saturated rings. The number of ether oxygens (including phenoxy) is 1. The molecule has 0 saturated heterocycles. The Balaban J connectivity index is 1.68. The Labute approximate surface area is 159 Å². The number of alkyl halides is 2. The highest BCUT2D eigenvalue weighted by Crippen LogP contribution is 2.26. The molecule has 3 aromatic rings. The average Bonchev–Trinajstić information content (AvgIpc) is 3.20. The van der Waals surface area contributed by atoms with Crippen molar-refractivity contribution in [1.29, 1.82) is 0 Å². The number of carbonyl (C=O) groups is 1. The maximum atomic E-state index is 12.4. The average molecular weight is 385 g/mol. The van der Waals surface area contributed by atoms with Gasteiger partial charge in [-0.05, 0) is 40.8 Å². The SMILES string of the molecule is O=C(/C=C/c1ccc(OC(F)F)cc1)NC(c1ccccc1)c1cccs1. The molecule has 3 rings (SSSR count). The lowest BCUT2D eigenvalue weighted by Gasteiger charge is -2.17. The zero-order chi connectivity index (χ0) is 19.1. The van der Waals surface area contributed by atoms with Crippen LogP contribution < -0.4 is 10.1 Å². The Morgan fingerprint density at radius 1 is 1.00 bits per heavy atom. The van der Waals surface area contributed by atoms with Gasteiger partial charge in [0.15, 0.2) is 0 Å². The van der Waals surface area contributed by atoms with E-state index in [1.807, 2.05) is 47.8 Å². The molecular formula is C21H17F2NO2S. The van der Waals surface area contributed by atoms with Gasteiger partial charge in [-0.1, -0.05) is 48.5 Å². The van der Waals surface area contributed by atoms with Crippen LogP contribution >= 0.6 is 11.3 Å². The van der Waals surface area contributed by atoms with Crippen molar-refractivity contribution < 1.29 is 18.3 Å². The van der Waals surface area contributed by atoms with E-state index in [1.54, 1.807) is 29.5 Å². The minimum absolute atomic E-state index is 0.0773. The van der Waals surface area contributed by atoms with E-state index in [0.717, 1.165) is 10.4 Å². The van der Waals surface area contributed by atoms with Crippen molar-refractivity contribution in [3.63, 3.8) is 0 Å². The topological polar surface area (TPSA) is 38.3 Å². The Hall–Kier alpha value is -2.99. The van der Waals surface area contributed by atoms with Crippen LogP contribution in [0.4, 0.5) is 8.78 Å². The summed E-state index contributed by atoms with van der Waals surface area (Å²) in [5.74, 6) is -0.168. The van der Waals surface area contributed by atoms with E-state index in [1.165, 1.54) is 18.2 Å². The number of nitrogens with one attached hydrogen (secondary N) is 1. The normalized spacial score (nSPS) is 12.3. The van der Waals surface area contributed by atoms with Crippen molar-refractivity contribution >= 4 is 23.3 Å². The summed E-state index contributed by atoms with van der Waals surface area (Å²) in [5, 5.41) is 4.97. The summed E-state index contributed by atoms with van der Waals surface area (Å²) in [7, 11) is 0. The molecule has 0 bridgehead atoms. The number of benzene rings is 2. The zero-order valence-electron chi connectivity index (χ0n) is 14.2. The molecule has 138 valence electrons. The highest BCUT2D eigenvalue weighted by Gasteiger charge is 2.16. The van der Waals surface area contributed by atoms with Crippen molar-refractivity contribution in [1.82, 2.24) is 5.32 Å². The van der Waals surface area contributed by atoms with Gasteiger partial charge in [0, 0.05) is 11.0 Å². The van der Waals surface area contributed by atoms with Crippen molar-refractivity contribution in [2.75, 3.05) is 0 Å². The first kappa shape index (κ1) is 18.8. The summed E-state index contributed by atoms with van der Waals surface area (Å²) >= 11 is 1.57. The highest BCUT2D eigenvalue weighted by atomic mass is 32.1. The van der Waals surface area contributed by atoms with Gasteiger partial charge in [-0.2, -0.15) is 8.78 Å². The Morgan fingerprint density at radius 2 is 1.74 bits per heavy atom. The predicted octanol–water partition coefficient (Wildman–Crippen LogP) is 5.27. The lowest BCUT2D eigenvalue weighted by Crippen LogP contribution is -2.27. The van der Waals surface area contributed by atoms with Crippen LogP contribution in [0.5, 0.6) is 5.75 Å². The van der Waals surface area contributed by atoms with Crippen LogP contribution in [0.25, 0.3) is 6.08 Å². The van der Waals surface area contributed by atoms with Crippen LogP contribution in [0.3, 0.4) is 0 Å². The summed E-state index contributed by atoms with van der Waals surface area (Å²) in [6.45, 7) is -2.86. The molecular weight excluding hydrogens is 368 g/mol. The fourth-order valence-electron chi connectivity index (χ4n) is 2.54. The van der Waals surface area contributed by atoms with Crippen LogP contribution in [-0.2, 0) is 4.79 Å². The number of thiophene rings is 1. The lowest BCUT2D eigenvalue weighted by molar-refractivity contribution is -0.116. The van der Waals surface area contributed by atoms with Gasteiger partial charge in [-0.25, -0.2) is 0 Å². The second-order valence-corrected chi connectivity index (χ2v) is 6.63. The van der Waals surface area contributed by atoms with Crippen LogP contribution in [0.1, 0.15) is 22.0 Å². The van der Waals surface area contributed by atoms with Crippen LogP contribution in [0.15, 0.2) is 78.2 Å². The maximum absolute atomic E-state index is 12.4. The summed E-state index contributed by atoms with van der Waals surface area (Å²) in [6, 6.07) is 19.5. The largest absolute Gasteiger partial charge is 0.435 e. The first-order valence-corrected chi connectivity index (χ1v) is 9.11. The fraction of sp³-hybridized carbons (Fsp3) is 0.0952. The molecule has 6 heteroatoms. The van der Waals surface area contributed by atoms with Crippen molar-refractivity contribution in [2.45, 2.75) is 12.7 Å². The van der Waals surface area contributed by atoms with E-state index in [4.69, 9.17) is 0 Å². The number of amides is 1. The van der Waals surface area contributed by atoms with E-state index in [9.17, 15) is 13.6 Å². The Morgan fingerprint density at radius 3 is 2.37 bits per heavy atom. The molecule has 3 nitrogen and oxygen atoms in total. The molecule has 0 radical (unpaired) electrons. The smallest absolute Gasteiger partial charge is 0.387 e. The molecule has 0 aliphatic heterocycles. The molecule has 0 spiro atoms. The second-order valence-electron chi connectivity index (χ2n) is 5.65. The third-order valence-corrected chi connectivity index (χ3v) is 4.72. The summed E-state index contributed by atoms with van der Waals surface area (Å²) < 4.78 is 28.6. The van der Waals surface area contributed by atoms with Crippen molar-refractivity contribution in [2.24, 2.45) is 0 Å². The summed E-state index contributed by atoms with van der Waals surface area (Å²) in [4.78, 5) is 13.4. The van der Waals surface area contributed by atoms with E-state index in [-0.39, 0.29) is 17.7 Å². The van der Waals surface area contributed by atoms with Gasteiger partial charge in [0.2, 0.25) is 5.91 Å². The molecule has 0 aliphatic rings. The van der Waals surface area contributed by atoms with Gasteiger partial charge in [-0.3, -0.25) is 4.79 Å². The van der Waals surface area contributed by atoms with E-state index in [2.05, 4.69) is 10.1 Å². The first-order chi connectivity index (χ1) is 13.1. The summed E-state index contributed by atoms with van der Waals surface area (Å²) in [5.41, 5.74) is 1.70. The number of rotatable bonds is 7. The molecule has 1 aromatic heterocycles. The molecule has 27 heavy (non-hydrogen) atoms. The third kappa shape index (κ3) is 5.49. The Kier molecular flexibility index (Phi) is 6.33. The van der Waals surface area contributed by atoms with Crippen LogP contribution in [0.2, 0.25) is 0 Å². The Bertz CT molecular complexity index is 878. The van der Waals surface area contributed by atoms with E-state index in [0.29, 0.717) is 5.56 Å². The lowest BCUT2D eigenvalue weighted by atomic mass is 10.1. The van der Waals surface area contributed by atoms with E-state index >= 15 is 0 Å². The molecule has 1 unspecified atom stereocenters. The summed E-state index contributed by atoms with van der Waals surface area (Å²) in [6.07, 6.45) is 3.05. The molecule has 1 atom stereocenters. The zero-order valence-corrected chi connectivity index (χ0v) is 15.0. The van der Waals surface area contributed by atoms with E-state index < -0.39 is 6.61 Å². The van der Waals surface area contributed by atoms with Crippen LogP contribution in [0, 0.1) is 0 Å². The maximum Gasteiger partial charge on any atom is 0.387 e. The molecule has 0 aliphatic carbocycles. The number of halogens is 2. The molecule has 1 amide bonds. The number of hydrogen-bond donors (Lipinski definition) is 1. The van der Waals surface area contributed by atoms with Gasteiger partial charge in [0.05, 0.1) is 6.04 Å². The van der Waals surface area contributed by atoms with Gasteiger partial charge >= 0.3 is 6.61 Å². The minimum atomic E-state index is -2.86. The standard InChI is InChI=1S/C21H17F2NO2S/c22-21(23)26-17-11-8-15(9-12-17)10-13-19(25)24-20(18-7-4-14-27-18)16-5-2-1-3-6-16/h1-14,20-21H,(H,24,25)/b13-10+. The van der Waals surface area contributed by atoms with Crippen molar-refractivity contribution in [3.05, 3.63) is 94.2 Å². The molecule has 2 aromatic carbocycles. The van der Waals surface area contributed by atoms with Gasteiger partial charge < -0.3 is 10.1 Å². The first-order valence-electron chi connectivity index (χ1n) is 8.23. The fourth-order valence-corrected chi connectivity index (χ4v) is 3.34. The highest BCUT2D eigenvalue weighted by molar-refractivity contribution is 7.10. The third-order valence-electron chi connectivity index (χ3n) is 3.78.